The molecule has 0 N–H and O–H groups in total. The van der Waals surface area contributed by atoms with E-state index in [0.29, 0.717) is 0 Å². The van der Waals surface area contributed by atoms with Gasteiger partial charge in [-0.1, -0.05) is 147 Å². The Kier molecular flexibility index (Phi) is 6.56. The molecule has 242 valence electrons. The molecule has 0 amide bonds. The van der Waals surface area contributed by atoms with Crippen molar-refractivity contribution in [2.75, 3.05) is 4.90 Å². The molecule has 0 radical (unpaired) electrons. The lowest BCUT2D eigenvalue weighted by atomic mass is 9.82. The average molecular weight is 654 g/mol. The molecule has 0 bridgehead atoms. The number of benzene rings is 8. The van der Waals surface area contributed by atoms with Crippen LogP contribution in [0, 0.1) is 0 Å². The minimum atomic E-state index is -0.122. The first kappa shape index (κ1) is 29.5. The lowest BCUT2D eigenvalue weighted by molar-refractivity contribution is 0.660. The Labute approximate surface area is 297 Å². The highest BCUT2D eigenvalue weighted by atomic mass is 16.3. The summed E-state index contributed by atoms with van der Waals surface area (Å²) in [7, 11) is 0. The molecule has 2 heteroatoms. The summed E-state index contributed by atoms with van der Waals surface area (Å²) >= 11 is 0. The number of hydrogen-bond donors (Lipinski definition) is 0. The van der Waals surface area contributed by atoms with Crippen LogP contribution in [0.5, 0.6) is 0 Å². The van der Waals surface area contributed by atoms with Crippen LogP contribution in [-0.4, -0.2) is 0 Å². The van der Waals surface area contributed by atoms with E-state index in [-0.39, 0.29) is 5.41 Å². The number of rotatable bonds is 5. The third kappa shape index (κ3) is 4.57. The van der Waals surface area contributed by atoms with Crippen molar-refractivity contribution in [2.24, 2.45) is 0 Å². The van der Waals surface area contributed by atoms with Gasteiger partial charge in [0.25, 0.3) is 0 Å². The van der Waals surface area contributed by atoms with Gasteiger partial charge in [0.2, 0.25) is 0 Å². The summed E-state index contributed by atoms with van der Waals surface area (Å²) in [6, 6.07) is 63.6. The van der Waals surface area contributed by atoms with E-state index in [1.165, 1.54) is 44.2 Å². The van der Waals surface area contributed by atoms with Crippen LogP contribution in [0.2, 0.25) is 0 Å². The Bertz CT molecular complexity index is 2770. The largest absolute Gasteiger partial charge is 0.455 e. The van der Waals surface area contributed by atoms with Crippen molar-refractivity contribution in [1.82, 2.24) is 0 Å². The van der Waals surface area contributed by atoms with Crippen molar-refractivity contribution in [3.8, 4) is 33.4 Å². The van der Waals surface area contributed by atoms with Gasteiger partial charge in [-0.3, -0.25) is 0 Å². The fourth-order valence-electron chi connectivity index (χ4n) is 8.36. The third-order valence-corrected chi connectivity index (χ3v) is 10.9. The summed E-state index contributed by atoms with van der Waals surface area (Å²) in [5, 5.41) is 4.69. The zero-order valence-corrected chi connectivity index (χ0v) is 28.6. The smallest absolute Gasteiger partial charge is 0.143 e. The Morgan fingerprint density at radius 3 is 1.92 bits per heavy atom. The molecule has 10 rings (SSSR count). The lowest BCUT2D eigenvalue weighted by Crippen LogP contribution is -2.16. The molecule has 1 aromatic heterocycles. The summed E-state index contributed by atoms with van der Waals surface area (Å²) in [6.45, 7) is 4.70. The quantitative estimate of drug-likeness (QED) is 0.184. The van der Waals surface area contributed by atoms with E-state index in [9.17, 15) is 0 Å². The van der Waals surface area contributed by atoms with E-state index in [1.54, 1.807) is 0 Å². The average Bonchev–Trinajstić information content (AvgIpc) is 3.68. The summed E-state index contributed by atoms with van der Waals surface area (Å²) in [6.07, 6.45) is 0. The third-order valence-electron chi connectivity index (χ3n) is 10.9. The number of para-hydroxylation sites is 2. The van der Waals surface area contributed by atoms with Gasteiger partial charge in [-0.05, 0) is 86.6 Å². The van der Waals surface area contributed by atoms with Crippen molar-refractivity contribution in [1.29, 1.82) is 0 Å². The standard InChI is InChI=1S/C49H35NO/c1-49(2)43-21-11-8-18-38(43)39-29-28-36(31-44(39)49)50(35-26-24-33(25-27-35)32-14-4-3-5-15-32)45-22-12-9-19-40(45)42-30-34-16-6-7-17-37(34)47-41-20-10-13-23-46(41)51-48(42)47/h3-31H,1-2H3. The minimum Gasteiger partial charge on any atom is -0.455 e. The number of nitrogens with zero attached hydrogens (tertiary/aromatic N) is 1. The molecule has 51 heavy (non-hydrogen) atoms. The van der Waals surface area contributed by atoms with Crippen molar-refractivity contribution in [2.45, 2.75) is 19.3 Å². The van der Waals surface area contributed by atoms with Crippen molar-refractivity contribution >= 4 is 49.8 Å². The van der Waals surface area contributed by atoms with E-state index in [1.807, 2.05) is 0 Å². The topological polar surface area (TPSA) is 16.4 Å². The Hall–Kier alpha value is -6.38. The van der Waals surface area contributed by atoms with Gasteiger partial charge in [0.15, 0.2) is 0 Å². The Morgan fingerprint density at radius 2 is 1.08 bits per heavy atom. The van der Waals surface area contributed by atoms with Crippen LogP contribution in [-0.2, 0) is 5.41 Å². The predicted octanol–water partition coefficient (Wildman–Crippen LogP) is 13.8. The fourth-order valence-corrected chi connectivity index (χ4v) is 8.36. The molecule has 0 saturated carbocycles. The number of hydrogen-bond acceptors (Lipinski definition) is 2. The van der Waals surface area contributed by atoms with Crippen LogP contribution < -0.4 is 4.90 Å². The highest BCUT2D eigenvalue weighted by Gasteiger charge is 2.36. The molecule has 1 aliphatic rings. The molecule has 1 heterocycles. The summed E-state index contributed by atoms with van der Waals surface area (Å²) in [4.78, 5) is 2.42. The molecular formula is C49H35NO. The van der Waals surface area contributed by atoms with E-state index in [2.05, 4.69) is 195 Å². The van der Waals surface area contributed by atoms with Gasteiger partial charge in [-0.15, -0.1) is 0 Å². The van der Waals surface area contributed by atoms with Crippen LogP contribution in [0.25, 0.3) is 66.1 Å². The van der Waals surface area contributed by atoms with Gasteiger partial charge in [-0.25, -0.2) is 0 Å². The highest BCUT2D eigenvalue weighted by molar-refractivity contribution is 6.23. The fraction of sp³-hybridized carbons (Fsp3) is 0.0612. The summed E-state index contributed by atoms with van der Waals surface area (Å²) < 4.78 is 6.76. The minimum absolute atomic E-state index is 0.122. The second kappa shape index (κ2) is 11.3. The molecule has 0 saturated heterocycles. The van der Waals surface area contributed by atoms with Crippen molar-refractivity contribution < 1.29 is 4.42 Å². The SMILES string of the molecule is CC1(C)c2ccccc2-c2ccc(N(c3ccc(-c4ccccc4)cc3)c3ccccc3-c3cc4ccccc4c4c3oc3ccccc34)cc21. The molecule has 1 aliphatic carbocycles. The normalized spacial score (nSPS) is 13.1. The first-order chi connectivity index (χ1) is 25.1. The van der Waals surface area contributed by atoms with Crippen LogP contribution in [0.4, 0.5) is 17.1 Å². The zero-order valence-electron chi connectivity index (χ0n) is 28.6. The molecule has 9 aromatic rings. The zero-order chi connectivity index (χ0) is 34.1. The van der Waals surface area contributed by atoms with Crippen LogP contribution in [0.1, 0.15) is 25.0 Å². The number of furan rings is 1. The molecule has 2 nitrogen and oxygen atoms in total. The first-order valence-electron chi connectivity index (χ1n) is 17.7. The van der Waals surface area contributed by atoms with Crippen LogP contribution >= 0.6 is 0 Å². The molecule has 0 atom stereocenters. The predicted molar refractivity (Wildman–Crippen MR) is 214 cm³/mol. The van der Waals surface area contributed by atoms with Crippen LogP contribution in [0.3, 0.4) is 0 Å². The Balaban J connectivity index is 1.22. The maximum Gasteiger partial charge on any atom is 0.143 e. The van der Waals surface area contributed by atoms with Gasteiger partial charge < -0.3 is 9.32 Å². The second-order valence-electron chi connectivity index (χ2n) is 14.1. The molecule has 0 spiro atoms. The summed E-state index contributed by atoms with van der Waals surface area (Å²) in [5.74, 6) is 0. The molecule has 8 aromatic carbocycles. The maximum absolute atomic E-state index is 6.76. The maximum atomic E-state index is 6.76. The molecule has 0 unspecified atom stereocenters. The van der Waals surface area contributed by atoms with E-state index in [4.69, 9.17) is 4.42 Å². The van der Waals surface area contributed by atoms with Crippen molar-refractivity contribution in [3.05, 3.63) is 187 Å². The van der Waals surface area contributed by atoms with Gasteiger partial charge in [-0.2, -0.15) is 0 Å². The van der Waals surface area contributed by atoms with Gasteiger partial charge in [0, 0.05) is 38.7 Å². The molecule has 0 aliphatic heterocycles. The number of fused-ring (bicyclic) bond motifs is 8. The van der Waals surface area contributed by atoms with E-state index < -0.39 is 0 Å². The van der Waals surface area contributed by atoms with Crippen molar-refractivity contribution in [3.63, 3.8) is 0 Å². The monoisotopic (exact) mass is 653 g/mol. The molecular weight excluding hydrogens is 619 g/mol. The Morgan fingerprint density at radius 1 is 0.451 bits per heavy atom. The van der Waals surface area contributed by atoms with Gasteiger partial charge >= 0.3 is 0 Å². The van der Waals surface area contributed by atoms with E-state index in [0.717, 1.165) is 50.1 Å². The van der Waals surface area contributed by atoms with Crippen LogP contribution in [0.15, 0.2) is 180 Å². The van der Waals surface area contributed by atoms with Gasteiger partial charge in [0.1, 0.15) is 11.2 Å². The summed E-state index contributed by atoms with van der Waals surface area (Å²) in [5.41, 5.74) is 14.9. The first-order valence-corrected chi connectivity index (χ1v) is 17.7. The lowest BCUT2D eigenvalue weighted by Gasteiger charge is -2.30. The van der Waals surface area contributed by atoms with Gasteiger partial charge in [0.05, 0.1) is 5.69 Å². The number of anilines is 3. The van der Waals surface area contributed by atoms with E-state index >= 15 is 0 Å². The highest BCUT2D eigenvalue weighted by Crippen LogP contribution is 2.52. The second-order valence-corrected chi connectivity index (χ2v) is 14.1. The molecule has 0 fully saturated rings.